The second-order valence-corrected chi connectivity index (χ2v) is 5.42. The molecule has 98 valence electrons. The maximum Gasteiger partial charge on any atom is 0.182 e. The molecule has 0 radical (unpaired) electrons. The highest BCUT2D eigenvalue weighted by Gasteiger charge is 2.25. The monoisotopic (exact) mass is 264 g/mol. The van der Waals surface area contributed by atoms with Crippen molar-refractivity contribution in [2.24, 2.45) is 0 Å². The number of quaternary nitrogens is 1. The molecule has 1 aliphatic rings. The molecule has 4 heteroatoms. The first-order valence-corrected chi connectivity index (χ1v) is 6.99. The molecular weight excluding hydrogens is 242 g/mol. The Morgan fingerprint density at radius 3 is 2.89 bits per heavy atom. The molecule has 0 spiro atoms. The molecule has 0 aliphatic carbocycles. The number of hydrogen-bond acceptors (Lipinski definition) is 1. The van der Waals surface area contributed by atoms with Crippen LogP contribution in [0.3, 0.4) is 0 Å². The van der Waals surface area contributed by atoms with E-state index in [1.165, 1.54) is 34.7 Å². The van der Waals surface area contributed by atoms with E-state index in [1.807, 2.05) is 0 Å². The number of rotatable bonds is 3. The number of aryl methyl sites for hydroxylation is 2. The summed E-state index contributed by atoms with van der Waals surface area (Å²) < 4.78 is 0. The van der Waals surface area contributed by atoms with E-state index in [0.717, 1.165) is 18.4 Å². The number of hydrogen-bond donors (Lipinski definition) is 2. The summed E-state index contributed by atoms with van der Waals surface area (Å²) in [5.41, 5.74) is 3.80. The zero-order valence-electron chi connectivity index (χ0n) is 11.4. The Labute approximate surface area is 115 Å². The van der Waals surface area contributed by atoms with Crippen molar-refractivity contribution in [1.29, 1.82) is 0 Å². The van der Waals surface area contributed by atoms with Crippen LogP contribution in [-0.2, 0) is 0 Å². The van der Waals surface area contributed by atoms with Crippen LogP contribution >= 0.6 is 12.2 Å². The average molecular weight is 264 g/mol. The highest BCUT2D eigenvalue weighted by atomic mass is 32.1. The zero-order valence-corrected chi connectivity index (χ0v) is 12.2. The third-order valence-corrected chi connectivity index (χ3v) is 3.74. The minimum absolute atomic E-state index is 0.851. The second-order valence-electron chi connectivity index (χ2n) is 5.03. The summed E-state index contributed by atoms with van der Waals surface area (Å²) in [6.45, 7) is 9.57. The van der Waals surface area contributed by atoms with Crippen LogP contribution in [0.4, 0.5) is 5.69 Å². The van der Waals surface area contributed by atoms with E-state index in [-0.39, 0.29) is 0 Å². The van der Waals surface area contributed by atoms with Crippen LogP contribution in [0.15, 0.2) is 18.2 Å². The SMILES string of the molecule is CCC[NH+]1CNC(=S)N(c2cc(C)ccc2C)C1. The van der Waals surface area contributed by atoms with Gasteiger partial charge in [-0.2, -0.15) is 0 Å². The third kappa shape index (κ3) is 2.82. The summed E-state index contributed by atoms with van der Waals surface area (Å²) in [5, 5.41) is 4.18. The lowest BCUT2D eigenvalue weighted by molar-refractivity contribution is -0.903. The summed E-state index contributed by atoms with van der Waals surface area (Å²) in [5.74, 6) is 0. The molecule has 2 N–H and O–H groups in total. The molecule has 1 heterocycles. The van der Waals surface area contributed by atoms with E-state index in [0.29, 0.717) is 0 Å². The van der Waals surface area contributed by atoms with Crippen molar-refractivity contribution in [3.63, 3.8) is 0 Å². The lowest BCUT2D eigenvalue weighted by atomic mass is 10.1. The van der Waals surface area contributed by atoms with Gasteiger partial charge in [0, 0.05) is 0 Å². The molecule has 1 fully saturated rings. The van der Waals surface area contributed by atoms with Gasteiger partial charge in [-0.1, -0.05) is 19.1 Å². The van der Waals surface area contributed by atoms with E-state index in [1.54, 1.807) is 0 Å². The number of thiocarbonyl (C=S) groups is 1. The summed E-state index contributed by atoms with van der Waals surface area (Å²) in [6, 6.07) is 6.54. The second kappa shape index (κ2) is 5.67. The Bertz CT molecular complexity index is 445. The molecule has 2 rings (SSSR count). The summed E-state index contributed by atoms with van der Waals surface area (Å²) in [7, 11) is 0. The first-order valence-electron chi connectivity index (χ1n) is 6.58. The van der Waals surface area contributed by atoms with Gasteiger partial charge in [0.15, 0.2) is 18.4 Å². The molecule has 0 bridgehead atoms. The minimum Gasteiger partial charge on any atom is -0.315 e. The molecule has 1 saturated heterocycles. The molecule has 1 aromatic carbocycles. The molecule has 0 amide bonds. The van der Waals surface area contributed by atoms with Gasteiger partial charge < -0.3 is 10.2 Å². The summed E-state index contributed by atoms with van der Waals surface area (Å²) in [6.07, 6.45) is 1.20. The van der Waals surface area contributed by atoms with Crippen LogP contribution in [0.5, 0.6) is 0 Å². The van der Waals surface area contributed by atoms with Crippen molar-refractivity contribution in [3.05, 3.63) is 29.3 Å². The van der Waals surface area contributed by atoms with E-state index in [9.17, 15) is 0 Å². The van der Waals surface area contributed by atoms with Gasteiger partial charge in [-0.15, -0.1) is 0 Å². The number of benzene rings is 1. The van der Waals surface area contributed by atoms with Crippen molar-refractivity contribution < 1.29 is 4.90 Å². The van der Waals surface area contributed by atoms with Gasteiger partial charge in [0.2, 0.25) is 0 Å². The predicted molar refractivity (Wildman–Crippen MR) is 80.0 cm³/mol. The zero-order chi connectivity index (χ0) is 13.1. The normalized spacial score (nSPS) is 19.8. The van der Waals surface area contributed by atoms with Crippen LogP contribution < -0.4 is 15.1 Å². The van der Waals surface area contributed by atoms with E-state index in [2.05, 4.69) is 49.2 Å². The Kier molecular flexibility index (Phi) is 4.19. The van der Waals surface area contributed by atoms with Crippen molar-refractivity contribution in [2.45, 2.75) is 27.2 Å². The Morgan fingerprint density at radius 2 is 2.17 bits per heavy atom. The molecule has 1 aliphatic heterocycles. The molecule has 3 nitrogen and oxygen atoms in total. The van der Waals surface area contributed by atoms with E-state index >= 15 is 0 Å². The van der Waals surface area contributed by atoms with Gasteiger partial charge in [0.1, 0.15) is 0 Å². The predicted octanol–water partition coefficient (Wildman–Crippen LogP) is 1.21. The van der Waals surface area contributed by atoms with Crippen molar-refractivity contribution >= 4 is 23.0 Å². The number of anilines is 1. The van der Waals surface area contributed by atoms with E-state index < -0.39 is 0 Å². The van der Waals surface area contributed by atoms with Crippen LogP contribution in [0.2, 0.25) is 0 Å². The van der Waals surface area contributed by atoms with Crippen molar-refractivity contribution in [3.8, 4) is 0 Å². The number of nitrogens with zero attached hydrogens (tertiary/aromatic N) is 1. The Balaban J connectivity index is 2.24. The summed E-state index contributed by atoms with van der Waals surface area (Å²) >= 11 is 5.45. The quantitative estimate of drug-likeness (QED) is 0.801. The molecule has 0 aromatic heterocycles. The fourth-order valence-corrected chi connectivity index (χ4v) is 2.61. The summed E-state index contributed by atoms with van der Waals surface area (Å²) in [4.78, 5) is 3.76. The fourth-order valence-electron chi connectivity index (χ4n) is 2.37. The van der Waals surface area contributed by atoms with Crippen LogP contribution in [0.25, 0.3) is 0 Å². The molecule has 1 unspecified atom stereocenters. The van der Waals surface area contributed by atoms with Crippen molar-refractivity contribution in [2.75, 3.05) is 24.8 Å². The van der Waals surface area contributed by atoms with Gasteiger partial charge >= 0.3 is 0 Å². The molecular formula is C14H22N3S+. The standard InChI is InChI=1S/C14H21N3S/c1-4-7-16-9-15-14(18)17(10-16)13-8-11(2)5-6-12(13)3/h5-6,8H,4,7,9-10H2,1-3H3,(H,15,18)/p+1. The first-order chi connectivity index (χ1) is 8.61. The molecule has 1 atom stereocenters. The van der Waals surface area contributed by atoms with Crippen LogP contribution in [0.1, 0.15) is 24.5 Å². The highest BCUT2D eigenvalue weighted by molar-refractivity contribution is 7.80. The smallest absolute Gasteiger partial charge is 0.182 e. The van der Waals surface area contributed by atoms with Crippen LogP contribution in [0, 0.1) is 13.8 Å². The maximum absolute atomic E-state index is 5.45. The van der Waals surface area contributed by atoms with Gasteiger partial charge in [0.05, 0.1) is 12.2 Å². The highest BCUT2D eigenvalue weighted by Crippen LogP contribution is 2.21. The Morgan fingerprint density at radius 1 is 1.39 bits per heavy atom. The fraction of sp³-hybridized carbons (Fsp3) is 0.500. The van der Waals surface area contributed by atoms with E-state index in [4.69, 9.17) is 12.2 Å². The minimum atomic E-state index is 0.851. The van der Waals surface area contributed by atoms with Gasteiger partial charge in [-0.3, -0.25) is 4.90 Å². The van der Waals surface area contributed by atoms with Crippen molar-refractivity contribution in [1.82, 2.24) is 5.32 Å². The molecule has 0 saturated carbocycles. The number of nitrogens with one attached hydrogen (secondary N) is 2. The largest absolute Gasteiger partial charge is 0.315 e. The van der Waals surface area contributed by atoms with Gasteiger partial charge in [-0.25, -0.2) is 0 Å². The Hall–Kier alpha value is -1.13. The topological polar surface area (TPSA) is 19.7 Å². The van der Waals surface area contributed by atoms with Crippen LogP contribution in [-0.4, -0.2) is 25.0 Å². The van der Waals surface area contributed by atoms with Gasteiger partial charge in [0.25, 0.3) is 0 Å². The average Bonchev–Trinajstić information content (AvgIpc) is 2.35. The lowest BCUT2D eigenvalue weighted by Gasteiger charge is -2.36. The van der Waals surface area contributed by atoms with Gasteiger partial charge in [-0.05, 0) is 49.7 Å². The lowest BCUT2D eigenvalue weighted by Crippen LogP contribution is -3.17. The first kappa shape index (κ1) is 13.3. The third-order valence-electron chi connectivity index (χ3n) is 3.38. The molecule has 1 aromatic rings. The maximum atomic E-state index is 5.45. The molecule has 18 heavy (non-hydrogen) atoms.